The van der Waals surface area contributed by atoms with Gasteiger partial charge in [0.05, 0.1) is 4.90 Å². The Morgan fingerprint density at radius 3 is 2.55 bits per heavy atom. The summed E-state index contributed by atoms with van der Waals surface area (Å²) >= 11 is 0. The third-order valence-electron chi connectivity index (χ3n) is 6.19. The third-order valence-corrected chi connectivity index (χ3v) is 7.66. The van der Waals surface area contributed by atoms with E-state index in [9.17, 15) is 18.0 Å². The number of rotatable bonds is 7. The molecule has 1 aromatic carbocycles. The fourth-order valence-electron chi connectivity index (χ4n) is 4.36. The van der Waals surface area contributed by atoms with Gasteiger partial charge in [-0.3, -0.25) is 9.59 Å². The Balaban J connectivity index is 1.74. The molecule has 2 amide bonds. The van der Waals surface area contributed by atoms with Gasteiger partial charge in [-0.05, 0) is 80.5 Å². The number of amides is 2. The molecule has 0 spiro atoms. The summed E-state index contributed by atoms with van der Waals surface area (Å²) in [5, 5.41) is 5.89. The van der Waals surface area contributed by atoms with Crippen molar-refractivity contribution in [3.63, 3.8) is 0 Å². The molecule has 0 aromatic heterocycles. The molecule has 0 unspecified atom stereocenters. The normalized spacial score (nSPS) is 22.9. The molecule has 0 bridgehead atoms. The van der Waals surface area contributed by atoms with Gasteiger partial charge in [-0.2, -0.15) is 4.72 Å². The quantitative estimate of drug-likeness (QED) is 0.594. The Labute approximate surface area is 185 Å². The minimum atomic E-state index is -3.88. The van der Waals surface area contributed by atoms with Crippen LogP contribution in [0.5, 0.6) is 0 Å². The predicted octanol–water partition coefficient (Wildman–Crippen LogP) is 3.35. The Bertz CT molecular complexity index is 905. The summed E-state index contributed by atoms with van der Waals surface area (Å²) in [6.07, 6.45) is 6.19. The van der Waals surface area contributed by atoms with Gasteiger partial charge in [-0.1, -0.05) is 20.8 Å². The monoisotopic (exact) mass is 449 g/mol. The van der Waals surface area contributed by atoms with Crippen LogP contribution in [0.4, 0.5) is 5.69 Å². The van der Waals surface area contributed by atoms with E-state index in [1.165, 1.54) is 6.07 Å². The van der Waals surface area contributed by atoms with Crippen LogP contribution in [0.2, 0.25) is 0 Å². The zero-order valence-electron chi connectivity index (χ0n) is 18.7. The van der Waals surface area contributed by atoms with Crippen LogP contribution in [0.1, 0.15) is 71.3 Å². The van der Waals surface area contributed by atoms with E-state index in [1.807, 2.05) is 13.8 Å². The molecule has 7 nitrogen and oxygen atoms in total. The summed E-state index contributed by atoms with van der Waals surface area (Å²) in [5.74, 6) is 0.528. The lowest BCUT2D eigenvalue weighted by atomic mass is 9.87. The van der Waals surface area contributed by atoms with Crippen molar-refractivity contribution in [2.45, 2.75) is 89.1 Å². The van der Waals surface area contributed by atoms with Crippen molar-refractivity contribution in [3.05, 3.63) is 23.8 Å². The number of sulfonamides is 1. The topological polar surface area (TPSA) is 104 Å². The van der Waals surface area contributed by atoms with Gasteiger partial charge in [-0.15, -0.1) is 0 Å². The van der Waals surface area contributed by atoms with Crippen LogP contribution >= 0.6 is 0 Å². The van der Waals surface area contributed by atoms with Crippen molar-refractivity contribution in [1.82, 2.24) is 10.0 Å². The lowest BCUT2D eigenvalue weighted by Gasteiger charge is -2.29. The van der Waals surface area contributed by atoms with E-state index in [0.717, 1.165) is 31.2 Å². The molecular formula is C23H35N3O4S. The van der Waals surface area contributed by atoms with E-state index in [0.29, 0.717) is 37.3 Å². The minimum Gasteiger partial charge on any atom is -0.352 e. The first-order valence-electron chi connectivity index (χ1n) is 11.4. The molecule has 1 atom stereocenters. The van der Waals surface area contributed by atoms with Crippen LogP contribution in [0.3, 0.4) is 0 Å². The van der Waals surface area contributed by atoms with Crippen LogP contribution in [0, 0.1) is 11.8 Å². The van der Waals surface area contributed by atoms with Gasteiger partial charge in [0.25, 0.3) is 0 Å². The molecule has 2 aliphatic rings. The Hall–Kier alpha value is -1.93. The summed E-state index contributed by atoms with van der Waals surface area (Å²) in [7, 11) is -3.88. The molecule has 3 rings (SSSR count). The fourth-order valence-corrected chi connectivity index (χ4v) is 5.62. The number of fused-ring (bicyclic) bond motifs is 1. The molecule has 0 radical (unpaired) electrons. The van der Waals surface area contributed by atoms with Crippen molar-refractivity contribution >= 4 is 27.5 Å². The largest absolute Gasteiger partial charge is 0.352 e. The maximum atomic E-state index is 13.1. The summed E-state index contributed by atoms with van der Waals surface area (Å²) in [6.45, 7) is 6.17. The molecule has 1 saturated carbocycles. The van der Waals surface area contributed by atoms with E-state index in [4.69, 9.17) is 0 Å². The Kier molecular flexibility index (Phi) is 7.75. The molecule has 1 aliphatic carbocycles. The highest BCUT2D eigenvalue weighted by atomic mass is 32.2. The van der Waals surface area contributed by atoms with Gasteiger partial charge in [0, 0.05) is 18.2 Å². The molecule has 1 aliphatic heterocycles. The zero-order chi connectivity index (χ0) is 22.6. The van der Waals surface area contributed by atoms with Crippen LogP contribution in [-0.2, 0) is 26.0 Å². The van der Waals surface area contributed by atoms with Crippen molar-refractivity contribution in [2.24, 2.45) is 11.8 Å². The molecule has 0 saturated heterocycles. The van der Waals surface area contributed by atoms with Crippen LogP contribution in [0.15, 0.2) is 23.1 Å². The van der Waals surface area contributed by atoms with Gasteiger partial charge < -0.3 is 10.6 Å². The number of carbonyl (C=O) groups is 2. The Morgan fingerprint density at radius 1 is 1.16 bits per heavy atom. The summed E-state index contributed by atoms with van der Waals surface area (Å²) in [5.41, 5.74) is 1.46. The number of hydrogen-bond donors (Lipinski definition) is 3. The molecule has 8 heteroatoms. The van der Waals surface area contributed by atoms with Gasteiger partial charge in [0.2, 0.25) is 21.8 Å². The van der Waals surface area contributed by atoms with Crippen molar-refractivity contribution in [1.29, 1.82) is 0 Å². The lowest BCUT2D eigenvalue weighted by Crippen LogP contribution is -2.50. The number of carbonyl (C=O) groups excluding carboxylic acids is 2. The minimum absolute atomic E-state index is 0.0572. The van der Waals surface area contributed by atoms with Crippen LogP contribution in [0.25, 0.3) is 0 Å². The van der Waals surface area contributed by atoms with Crippen LogP contribution < -0.4 is 15.4 Å². The summed E-state index contributed by atoms with van der Waals surface area (Å²) in [6, 6.07) is 4.02. The number of benzene rings is 1. The van der Waals surface area contributed by atoms with Crippen molar-refractivity contribution in [3.8, 4) is 0 Å². The van der Waals surface area contributed by atoms with Gasteiger partial charge in [0.15, 0.2) is 0 Å². The van der Waals surface area contributed by atoms with E-state index in [1.54, 1.807) is 12.1 Å². The first-order chi connectivity index (χ1) is 14.6. The first kappa shape index (κ1) is 23.7. The van der Waals surface area contributed by atoms with Crippen molar-refractivity contribution in [2.75, 3.05) is 5.32 Å². The number of hydrogen-bond acceptors (Lipinski definition) is 4. The van der Waals surface area contributed by atoms with Gasteiger partial charge >= 0.3 is 0 Å². The highest BCUT2D eigenvalue weighted by molar-refractivity contribution is 7.89. The third kappa shape index (κ3) is 6.53. The Morgan fingerprint density at radius 2 is 1.87 bits per heavy atom. The highest BCUT2D eigenvalue weighted by Gasteiger charge is 2.29. The standard InChI is InChI=1S/C23H35N3O4S/c1-15(2)13-21(23(28)24-18-9-7-16(3)8-10-18)26-31(29,30)19-11-12-20-17(14-19)5-4-6-22(27)25-20/h11-12,14-16,18,21,26H,4-10,13H2,1-3H3,(H,24,28)(H,25,27)/t16?,18?,21-/m1/s1. The average molecular weight is 450 g/mol. The first-order valence-corrected chi connectivity index (χ1v) is 12.9. The molecule has 1 aromatic rings. The zero-order valence-corrected chi connectivity index (χ0v) is 19.6. The fraction of sp³-hybridized carbons (Fsp3) is 0.652. The lowest BCUT2D eigenvalue weighted by molar-refractivity contribution is -0.124. The maximum absolute atomic E-state index is 13.1. The second-order valence-corrected chi connectivity index (χ2v) is 11.2. The number of aryl methyl sites for hydroxylation is 1. The highest BCUT2D eigenvalue weighted by Crippen LogP contribution is 2.26. The molecule has 1 fully saturated rings. The molecule has 172 valence electrons. The average Bonchev–Trinajstić information content (AvgIpc) is 2.88. The van der Waals surface area contributed by atoms with Crippen LogP contribution in [-0.4, -0.2) is 32.3 Å². The van der Waals surface area contributed by atoms with Gasteiger partial charge in [0.1, 0.15) is 6.04 Å². The second-order valence-electron chi connectivity index (χ2n) is 9.49. The smallest absolute Gasteiger partial charge is 0.241 e. The predicted molar refractivity (Wildman–Crippen MR) is 121 cm³/mol. The molecule has 3 N–H and O–H groups in total. The van der Waals surface area contributed by atoms with E-state index < -0.39 is 16.1 Å². The summed E-state index contributed by atoms with van der Waals surface area (Å²) < 4.78 is 28.9. The van der Waals surface area contributed by atoms with E-state index in [-0.39, 0.29) is 28.7 Å². The van der Waals surface area contributed by atoms with Crippen molar-refractivity contribution < 1.29 is 18.0 Å². The SMILES string of the molecule is CC(C)C[C@@H](NS(=O)(=O)c1ccc2c(c1)CCCC(=O)N2)C(=O)NC1CCC(C)CC1. The van der Waals surface area contributed by atoms with E-state index in [2.05, 4.69) is 22.3 Å². The molecular weight excluding hydrogens is 414 g/mol. The molecule has 31 heavy (non-hydrogen) atoms. The number of nitrogens with one attached hydrogen (secondary N) is 3. The number of anilines is 1. The summed E-state index contributed by atoms with van der Waals surface area (Å²) in [4.78, 5) is 24.8. The maximum Gasteiger partial charge on any atom is 0.241 e. The molecule has 1 heterocycles. The second kappa shape index (κ2) is 10.1. The van der Waals surface area contributed by atoms with E-state index >= 15 is 0 Å². The van der Waals surface area contributed by atoms with Gasteiger partial charge in [-0.25, -0.2) is 8.42 Å².